The zero-order chi connectivity index (χ0) is 26.0. The van der Waals surface area contributed by atoms with Crippen molar-refractivity contribution in [2.45, 2.75) is 64.0 Å². The quantitative estimate of drug-likeness (QED) is 0.469. The number of fused-ring (bicyclic) bond motifs is 1. The number of aliphatic imine (C=N–C) groups is 1. The summed E-state index contributed by atoms with van der Waals surface area (Å²) in [6.45, 7) is 7.44. The molecular formula is C28H32F2N2O4. The fourth-order valence-electron chi connectivity index (χ4n) is 4.94. The van der Waals surface area contributed by atoms with E-state index in [1.165, 1.54) is 24.3 Å². The van der Waals surface area contributed by atoms with Gasteiger partial charge in [-0.15, -0.1) is 0 Å². The largest absolute Gasteiger partial charge is 0.491 e. The Morgan fingerprint density at radius 2 is 1.94 bits per heavy atom. The third-order valence-electron chi connectivity index (χ3n) is 6.81. The summed E-state index contributed by atoms with van der Waals surface area (Å²) < 4.78 is 35.2. The summed E-state index contributed by atoms with van der Waals surface area (Å²) in [6, 6.07) is 11.2. The van der Waals surface area contributed by atoms with E-state index in [0.717, 1.165) is 22.9 Å². The van der Waals surface area contributed by atoms with Crippen molar-refractivity contribution in [1.29, 1.82) is 0 Å². The zero-order valence-electron chi connectivity index (χ0n) is 20.5. The number of aliphatic hydroxyl groups excluding tert-OH is 2. The second-order valence-electron chi connectivity index (χ2n) is 9.81. The van der Waals surface area contributed by atoms with Crippen LogP contribution in [0.1, 0.15) is 55.0 Å². The first kappa shape index (κ1) is 26.0. The van der Waals surface area contributed by atoms with Gasteiger partial charge in [0.25, 0.3) is 5.92 Å². The Labute approximate surface area is 209 Å². The lowest BCUT2D eigenvalue weighted by molar-refractivity contribution is -0.135. The smallest absolute Gasteiger partial charge is 0.299 e. The number of rotatable bonds is 8. The Kier molecular flexibility index (Phi) is 7.57. The van der Waals surface area contributed by atoms with Gasteiger partial charge in [0.15, 0.2) is 0 Å². The number of halogens is 2. The number of allylic oxidation sites excluding steroid dienone is 1. The number of hydrogen-bond acceptors (Lipinski definition) is 5. The van der Waals surface area contributed by atoms with Gasteiger partial charge in [0.2, 0.25) is 5.91 Å². The Bertz CT molecular complexity index is 1150. The van der Waals surface area contributed by atoms with Gasteiger partial charge in [0, 0.05) is 29.2 Å². The fourth-order valence-corrected chi connectivity index (χ4v) is 4.94. The van der Waals surface area contributed by atoms with Crippen molar-refractivity contribution < 1.29 is 28.5 Å². The summed E-state index contributed by atoms with van der Waals surface area (Å²) in [7, 11) is 0. The third kappa shape index (κ3) is 5.50. The highest BCUT2D eigenvalue weighted by Crippen LogP contribution is 2.43. The molecule has 4 atom stereocenters. The Morgan fingerprint density at radius 3 is 2.61 bits per heavy atom. The van der Waals surface area contributed by atoms with Crippen molar-refractivity contribution in [3.8, 4) is 5.75 Å². The van der Waals surface area contributed by atoms with Crippen LogP contribution < -0.4 is 10.1 Å². The number of aliphatic hydroxyl groups is 2. The highest BCUT2D eigenvalue weighted by atomic mass is 19.3. The van der Waals surface area contributed by atoms with Crippen LogP contribution in [-0.4, -0.2) is 34.7 Å². The van der Waals surface area contributed by atoms with Crippen LogP contribution in [0.2, 0.25) is 0 Å². The molecule has 0 saturated carbocycles. The van der Waals surface area contributed by atoms with Crippen molar-refractivity contribution in [3.63, 3.8) is 0 Å². The van der Waals surface area contributed by atoms with Crippen LogP contribution in [0.15, 0.2) is 59.6 Å². The van der Waals surface area contributed by atoms with E-state index < -0.39 is 23.8 Å². The van der Waals surface area contributed by atoms with Crippen molar-refractivity contribution in [2.75, 3.05) is 0 Å². The molecule has 36 heavy (non-hydrogen) atoms. The molecule has 4 rings (SSSR count). The van der Waals surface area contributed by atoms with Crippen LogP contribution in [0.25, 0.3) is 0 Å². The van der Waals surface area contributed by atoms with E-state index in [0.29, 0.717) is 25.0 Å². The van der Waals surface area contributed by atoms with E-state index in [2.05, 4.69) is 16.9 Å². The van der Waals surface area contributed by atoms with E-state index in [1.54, 1.807) is 6.07 Å². The number of amides is 1. The molecule has 1 amide bonds. The van der Waals surface area contributed by atoms with Crippen LogP contribution in [0.5, 0.6) is 5.75 Å². The summed E-state index contributed by atoms with van der Waals surface area (Å²) in [6.07, 6.45) is 0.959. The van der Waals surface area contributed by atoms with Crippen molar-refractivity contribution >= 4 is 12.1 Å². The molecule has 3 N–H and O–H groups in total. The van der Waals surface area contributed by atoms with Gasteiger partial charge in [0.05, 0.1) is 18.8 Å². The summed E-state index contributed by atoms with van der Waals surface area (Å²) in [5.41, 5.74) is 1.90. The maximum Gasteiger partial charge on any atom is 0.299 e. The molecule has 0 spiro atoms. The topological polar surface area (TPSA) is 91.2 Å². The van der Waals surface area contributed by atoms with Crippen LogP contribution in [0.4, 0.5) is 8.78 Å². The van der Waals surface area contributed by atoms with E-state index in [-0.39, 0.29) is 36.0 Å². The Hall–Kier alpha value is -3.10. The Balaban J connectivity index is 1.38. The maximum absolute atomic E-state index is 14.9. The van der Waals surface area contributed by atoms with Crippen LogP contribution in [0.3, 0.4) is 0 Å². The van der Waals surface area contributed by atoms with Gasteiger partial charge in [-0.05, 0) is 74.1 Å². The molecule has 6 nitrogen and oxygen atoms in total. The molecule has 2 aromatic carbocycles. The highest BCUT2D eigenvalue weighted by molar-refractivity contribution is 5.81. The Morgan fingerprint density at radius 1 is 1.22 bits per heavy atom. The number of piperidine rings is 1. The lowest BCUT2D eigenvalue weighted by Crippen LogP contribution is -2.46. The number of nitrogens with one attached hydrogen (secondary N) is 1. The minimum Gasteiger partial charge on any atom is -0.491 e. The SMILES string of the molecule is C=C(C=NCc1ccc2c(c1)CC(C1CCC(O)NC1=O)C2O)C(F)(F)c1ccc(OC(C)C)cc1. The molecule has 192 valence electrons. The number of carbonyl (C=O) groups excluding carboxylic acids is 1. The van der Waals surface area contributed by atoms with Crippen molar-refractivity contribution in [3.05, 3.63) is 76.9 Å². The van der Waals surface area contributed by atoms with E-state index >= 15 is 0 Å². The summed E-state index contributed by atoms with van der Waals surface area (Å²) in [5.74, 6) is -3.62. The van der Waals surface area contributed by atoms with E-state index in [4.69, 9.17) is 4.74 Å². The molecular weight excluding hydrogens is 466 g/mol. The maximum atomic E-state index is 14.9. The first-order chi connectivity index (χ1) is 17.1. The minimum atomic E-state index is -3.27. The predicted octanol–water partition coefficient (Wildman–Crippen LogP) is 4.44. The average molecular weight is 499 g/mol. The molecule has 1 aliphatic carbocycles. The van der Waals surface area contributed by atoms with Gasteiger partial charge in [-0.3, -0.25) is 9.79 Å². The number of hydrogen-bond donors (Lipinski definition) is 3. The van der Waals surface area contributed by atoms with Crippen LogP contribution in [-0.2, 0) is 23.7 Å². The van der Waals surface area contributed by atoms with Gasteiger partial charge < -0.3 is 20.3 Å². The molecule has 0 radical (unpaired) electrons. The zero-order valence-corrected chi connectivity index (χ0v) is 20.5. The summed E-state index contributed by atoms with van der Waals surface area (Å²) in [5, 5.41) is 23.0. The van der Waals surface area contributed by atoms with E-state index in [1.807, 2.05) is 26.0 Å². The summed E-state index contributed by atoms with van der Waals surface area (Å²) >= 11 is 0. The molecule has 1 saturated heterocycles. The van der Waals surface area contributed by atoms with Gasteiger partial charge >= 0.3 is 0 Å². The van der Waals surface area contributed by atoms with Gasteiger partial charge in [-0.1, -0.05) is 24.8 Å². The molecule has 0 bridgehead atoms. The van der Waals surface area contributed by atoms with Crippen molar-refractivity contribution in [2.24, 2.45) is 16.8 Å². The molecule has 4 unspecified atom stereocenters. The number of nitrogens with zero attached hydrogens (tertiary/aromatic N) is 1. The molecule has 2 aromatic rings. The molecule has 0 aromatic heterocycles. The highest BCUT2D eigenvalue weighted by Gasteiger charge is 2.42. The van der Waals surface area contributed by atoms with Crippen LogP contribution in [0, 0.1) is 11.8 Å². The third-order valence-corrected chi connectivity index (χ3v) is 6.81. The number of alkyl halides is 2. The number of benzene rings is 2. The number of ether oxygens (including phenoxy) is 1. The normalized spacial score (nSPS) is 24.1. The molecule has 2 aliphatic rings. The average Bonchev–Trinajstić information content (AvgIpc) is 3.14. The monoisotopic (exact) mass is 498 g/mol. The second kappa shape index (κ2) is 10.5. The first-order valence-electron chi connectivity index (χ1n) is 12.2. The first-order valence-corrected chi connectivity index (χ1v) is 12.2. The summed E-state index contributed by atoms with van der Waals surface area (Å²) in [4.78, 5) is 16.5. The van der Waals surface area contributed by atoms with E-state index in [9.17, 15) is 23.8 Å². The molecule has 1 aliphatic heterocycles. The molecule has 1 heterocycles. The molecule has 1 fully saturated rings. The van der Waals surface area contributed by atoms with Gasteiger partial charge in [0.1, 0.15) is 12.0 Å². The molecule has 8 heteroatoms. The predicted molar refractivity (Wildman–Crippen MR) is 133 cm³/mol. The number of carbonyl (C=O) groups is 1. The minimum absolute atomic E-state index is 0.0485. The van der Waals surface area contributed by atoms with Crippen molar-refractivity contribution in [1.82, 2.24) is 5.32 Å². The van der Waals surface area contributed by atoms with Crippen LogP contribution >= 0.6 is 0 Å². The fraction of sp³-hybridized carbons (Fsp3) is 0.429. The van der Waals surface area contributed by atoms with Gasteiger partial charge in [-0.25, -0.2) is 0 Å². The lowest BCUT2D eigenvalue weighted by Gasteiger charge is -2.31. The van der Waals surface area contributed by atoms with Gasteiger partial charge in [-0.2, -0.15) is 8.78 Å². The second-order valence-corrected chi connectivity index (χ2v) is 9.81. The lowest BCUT2D eigenvalue weighted by atomic mass is 9.82. The standard InChI is InChI=1S/C28H32F2N2O4/c1-16(2)36-21-7-5-20(6-8-21)28(29,30)17(3)14-31-15-18-4-9-22-19(12-18)13-24(26(22)34)23-10-11-25(33)32-27(23)35/h4-9,12,14,16,23-26,33-34H,3,10-11,13,15H2,1-2H3,(H,32,35).